The van der Waals surface area contributed by atoms with Crippen molar-refractivity contribution in [3.8, 4) is 0 Å². The van der Waals surface area contributed by atoms with E-state index >= 15 is 0 Å². The average molecular weight is 259 g/mol. The van der Waals surface area contributed by atoms with Crippen molar-refractivity contribution in [1.29, 1.82) is 0 Å². The molecule has 18 heavy (non-hydrogen) atoms. The van der Waals surface area contributed by atoms with E-state index in [-0.39, 0.29) is 0 Å². The Hall–Kier alpha value is -1.95. The number of nitrogens with zero attached hydrogens (tertiary/aromatic N) is 4. The molecule has 0 aliphatic carbocycles. The van der Waals surface area contributed by atoms with E-state index in [4.69, 9.17) is 0 Å². The van der Waals surface area contributed by atoms with E-state index in [1.165, 1.54) is 11.5 Å². The third kappa shape index (κ3) is 1.95. The zero-order valence-electron chi connectivity index (χ0n) is 10.2. The summed E-state index contributed by atoms with van der Waals surface area (Å²) in [4.78, 5) is 8.86. The number of aryl methyl sites for hydroxylation is 2. The second-order valence-electron chi connectivity index (χ2n) is 4.08. The summed E-state index contributed by atoms with van der Waals surface area (Å²) in [6.07, 6.45) is 0. The van der Waals surface area contributed by atoms with Gasteiger partial charge >= 0.3 is 0 Å². The third-order valence-electron chi connectivity index (χ3n) is 2.81. The molecular formula is C12H13N5S. The third-order valence-corrected chi connectivity index (χ3v) is 3.57. The number of fused-ring (bicyclic) bond motifs is 1. The summed E-state index contributed by atoms with van der Waals surface area (Å²) < 4.78 is 6.23. The quantitative estimate of drug-likeness (QED) is 0.784. The van der Waals surface area contributed by atoms with Crippen LogP contribution in [-0.4, -0.2) is 18.9 Å². The molecule has 0 fully saturated rings. The summed E-state index contributed by atoms with van der Waals surface area (Å²) in [5.41, 5.74) is 2.16. The molecule has 2 aromatic heterocycles. The number of rotatable bonds is 3. The first kappa shape index (κ1) is 11.2. The smallest absolute Gasteiger partial charge is 0.202 e. The van der Waals surface area contributed by atoms with Crippen LogP contribution in [0.1, 0.15) is 11.6 Å². The number of para-hydroxylation sites is 2. The van der Waals surface area contributed by atoms with E-state index in [2.05, 4.69) is 30.3 Å². The minimum absolute atomic E-state index is 0.653. The monoisotopic (exact) mass is 259 g/mol. The molecule has 0 atom stereocenters. The normalized spacial score (nSPS) is 11.0. The molecular weight excluding hydrogens is 246 g/mol. The number of nitrogens with one attached hydrogen (secondary N) is 1. The van der Waals surface area contributed by atoms with E-state index in [0.29, 0.717) is 6.54 Å². The molecule has 0 aliphatic heterocycles. The van der Waals surface area contributed by atoms with Crippen molar-refractivity contribution in [2.45, 2.75) is 13.5 Å². The van der Waals surface area contributed by atoms with Crippen LogP contribution in [0.25, 0.3) is 11.0 Å². The first-order valence-corrected chi connectivity index (χ1v) is 6.46. The Morgan fingerprint density at radius 3 is 2.83 bits per heavy atom. The minimum atomic E-state index is 0.653. The zero-order chi connectivity index (χ0) is 12.5. The maximum absolute atomic E-state index is 4.59. The van der Waals surface area contributed by atoms with Crippen molar-refractivity contribution in [2.75, 3.05) is 5.32 Å². The fourth-order valence-corrected chi connectivity index (χ4v) is 2.45. The molecule has 3 aromatic rings. The van der Waals surface area contributed by atoms with Crippen LogP contribution < -0.4 is 5.32 Å². The number of hydrogen-bond acceptors (Lipinski definition) is 5. The molecule has 0 amide bonds. The molecule has 0 saturated carbocycles. The van der Waals surface area contributed by atoms with Crippen molar-refractivity contribution >= 4 is 27.7 Å². The SMILES string of the molecule is Cc1nsc(NCc2nc3ccccc3n2C)n1. The van der Waals surface area contributed by atoms with Gasteiger partial charge in [-0.2, -0.15) is 4.37 Å². The predicted molar refractivity (Wildman–Crippen MR) is 72.7 cm³/mol. The summed E-state index contributed by atoms with van der Waals surface area (Å²) in [7, 11) is 2.03. The van der Waals surface area contributed by atoms with Crippen molar-refractivity contribution < 1.29 is 0 Å². The van der Waals surface area contributed by atoms with Gasteiger partial charge in [0.1, 0.15) is 11.6 Å². The highest BCUT2D eigenvalue weighted by atomic mass is 32.1. The number of aromatic nitrogens is 4. The van der Waals surface area contributed by atoms with Gasteiger partial charge in [-0.3, -0.25) is 0 Å². The van der Waals surface area contributed by atoms with Crippen molar-refractivity contribution in [3.63, 3.8) is 0 Å². The average Bonchev–Trinajstić information content (AvgIpc) is 2.92. The van der Waals surface area contributed by atoms with E-state index in [1.807, 2.05) is 32.2 Å². The van der Waals surface area contributed by atoms with Gasteiger partial charge in [-0.25, -0.2) is 9.97 Å². The molecule has 0 radical (unpaired) electrons. The van der Waals surface area contributed by atoms with E-state index in [0.717, 1.165) is 27.8 Å². The number of hydrogen-bond donors (Lipinski definition) is 1. The van der Waals surface area contributed by atoms with E-state index in [1.54, 1.807) is 0 Å². The molecule has 3 rings (SSSR count). The summed E-state index contributed by atoms with van der Waals surface area (Å²) >= 11 is 1.37. The molecule has 0 bridgehead atoms. The molecule has 0 unspecified atom stereocenters. The maximum atomic E-state index is 4.59. The first-order valence-electron chi connectivity index (χ1n) is 5.68. The fraction of sp³-hybridized carbons (Fsp3) is 0.250. The van der Waals surface area contributed by atoms with Crippen LogP contribution in [0.2, 0.25) is 0 Å². The van der Waals surface area contributed by atoms with Gasteiger partial charge in [-0.05, 0) is 19.1 Å². The van der Waals surface area contributed by atoms with E-state index < -0.39 is 0 Å². The molecule has 0 spiro atoms. The zero-order valence-corrected chi connectivity index (χ0v) is 11.0. The molecule has 0 aliphatic rings. The first-order chi connectivity index (χ1) is 8.74. The molecule has 92 valence electrons. The summed E-state index contributed by atoms with van der Waals surface area (Å²) in [5.74, 6) is 1.79. The minimum Gasteiger partial charge on any atom is -0.353 e. The molecule has 1 N–H and O–H groups in total. The Morgan fingerprint density at radius 2 is 2.11 bits per heavy atom. The molecule has 5 nitrogen and oxygen atoms in total. The van der Waals surface area contributed by atoms with E-state index in [9.17, 15) is 0 Å². The highest BCUT2D eigenvalue weighted by Gasteiger charge is 2.07. The largest absolute Gasteiger partial charge is 0.353 e. The van der Waals surface area contributed by atoms with Crippen molar-refractivity contribution in [1.82, 2.24) is 18.9 Å². The molecule has 6 heteroatoms. The lowest BCUT2D eigenvalue weighted by Gasteiger charge is -2.02. The van der Waals surface area contributed by atoms with Gasteiger partial charge in [-0.1, -0.05) is 12.1 Å². The van der Waals surface area contributed by atoms with Gasteiger partial charge in [0.25, 0.3) is 0 Å². The second kappa shape index (κ2) is 4.38. The Kier molecular flexibility index (Phi) is 2.71. The van der Waals surface area contributed by atoms with Crippen LogP contribution in [0.4, 0.5) is 5.13 Å². The van der Waals surface area contributed by atoms with Gasteiger partial charge < -0.3 is 9.88 Å². The van der Waals surface area contributed by atoms with Crippen LogP contribution in [0, 0.1) is 6.92 Å². The Morgan fingerprint density at radius 1 is 1.28 bits per heavy atom. The van der Waals surface area contributed by atoms with Crippen LogP contribution in [0.3, 0.4) is 0 Å². The Balaban J connectivity index is 1.84. The van der Waals surface area contributed by atoms with Gasteiger partial charge in [0.2, 0.25) is 5.13 Å². The number of imidazole rings is 1. The molecule has 0 saturated heterocycles. The topological polar surface area (TPSA) is 55.6 Å². The van der Waals surface area contributed by atoms with Crippen LogP contribution >= 0.6 is 11.5 Å². The Bertz CT molecular complexity index is 685. The van der Waals surface area contributed by atoms with Gasteiger partial charge in [0.05, 0.1) is 17.6 Å². The lowest BCUT2D eigenvalue weighted by atomic mass is 10.3. The van der Waals surface area contributed by atoms with Crippen molar-refractivity contribution in [3.05, 3.63) is 35.9 Å². The van der Waals surface area contributed by atoms with Gasteiger partial charge in [0.15, 0.2) is 0 Å². The highest BCUT2D eigenvalue weighted by molar-refractivity contribution is 7.09. The van der Waals surface area contributed by atoms with Gasteiger partial charge in [-0.15, -0.1) is 0 Å². The number of anilines is 1. The lowest BCUT2D eigenvalue weighted by Crippen LogP contribution is -2.05. The standard InChI is InChI=1S/C12H13N5S/c1-8-14-12(18-16-8)13-7-11-15-9-5-3-4-6-10(9)17(11)2/h3-6H,7H2,1-2H3,(H,13,14,16). The second-order valence-corrected chi connectivity index (χ2v) is 4.83. The molecule has 1 aromatic carbocycles. The lowest BCUT2D eigenvalue weighted by molar-refractivity contribution is 0.833. The number of benzene rings is 1. The summed E-state index contributed by atoms with van der Waals surface area (Å²) in [5, 5.41) is 4.08. The fourth-order valence-electron chi connectivity index (χ4n) is 1.88. The van der Waals surface area contributed by atoms with Crippen LogP contribution in [-0.2, 0) is 13.6 Å². The molecule has 2 heterocycles. The summed E-state index contributed by atoms with van der Waals surface area (Å²) in [6.45, 7) is 2.54. The van der Waals surface area contributed by atoms with Gasteiger partial charge in [0, 0.05) is 18.6 Å². The highest BCUT2D eigenvalue weighted by Crippen LogP contribution is 2.16. The maximum Gasteiger partial charge on any atom is 0.202 e. The van der Waals surface area contributed by atoms with Crippen LogP contribution in [0.5, 0.6) is 0 Å². The predicted octanol–water partition coefficient (Wildman–Crippen LogP) is 2.35. The Labute approximate surface area is 109 Å². The summed E-state index contributed by atoms with van der Waals surface area (Å²) in [6, 6.07) is 8.12. The van der Waals surface area contributed by atoms with Crippen molar-refractivity contribution in [2.24, 2.45) is 7.05 Å². The van der Waals surface area contributed by atoms with Crippen LogP contribution in [0.15, 0.2) is 24.3 Å².